The zero-order chi connectivity index (χ0) is 26.6. The maximum atomic E-state index is 13.1. The summed E-state index contributed by atoms with van der Waals surface area (Å²) in [6.45, 7) is 0.573. The molecule has 0 saturated carbocycles. The molecule has 0 aliphatic carbocycles. The van der Waals surface area contributed by atoms with E-state index in [0.29, 0.717) is 27.9 Å². The van der Waals surface area contributed by atoms with Crippen LogP contribution in [0.5, 0.6) is 11.5 Å². The van der Waals surface area contributed by atoms with Crippen molar-refractivity contribution in [3.8, 4) is 11.5 Å². The molecule has 2 heterocycles. The summed E-state index contributed by atoms with van der Waals surface area (Å²) in [4.78, 5) is 27.1. The number of rotatable bonds is 8. The van der Waals surface area contributed by atoms with Crippen molar-refractivity contribution in [1.29, 1.82) is 0 Å². The summed E-state index contributed by atoms with van der Waals surface area (Å²) in [5, 5.41) is 2.22. The van der Waals surface area contributed by atoms with Gasteiger partial charge < -0.3 is 19.5 Å². The van der Waals surface area contributed by atoms with Gasteiger partial charge in [0.25, 0.3) is 11.8 Å². The van der Waals surface area contributed by atoms with Crippen molar-refractivity contribution in [2.45, 2.75) is 25.1 Å². The molecule has 0 bridgehead atoms. The van der Waals surface area contributed by atoms with Crippen molar-refractivity contribution in [1.82, 2.24) is 4.90 Å². The van der Waals surface area contributed by atoms with Crippen LogP contribution in [0.3, 0.4) is 0 Å². The number of nitrogens with one attached hydrogen (secondary N) is 1. The highest BCUT2D eigenvalue weighted by atomic mass is 32.2. The second-order valence-electron chi connectivity index (χ2n) is 8.22. The lowest BCUT2D eigenvalue weighted by Gasteiger charge is -2.18. The largest absolute Gasteiger partial charge is 0.493 e. The number of thioether (sulfide) groups is 1. The molecule has 2 aromatic rings. The molecule has 0 radical (unpaired) electrons. The van der Waals surface area contributed by atoms with Crippen molar-refractivity contribution in [3.63, 3.8) is 0 Å². The Balaban J connectivity index is 1.40. The number of anilines is 1. The van der Waals surface area contributed by atoms with E-state index < -0.39 is 24.3 Å². The summed E-state index contributed by atoms with van der Waals surface area (Å²) < 4.78 is 56.4. The molecule has 0 aromatic heterocycles. The number of hydrogen-bond acceptors (Lipinski definition) is 7. The minimum Gasteiger partial charge on any atom is -0.493 e. The number of alkyl halides is 3. The number of carbonyl (C=O) groups excluding carboxylic acids is 2. The van der Waals surface area contributed by atoms with Crippen molar-refractivity contribution >= 4 is 51.9 Å². The van der Waals surface area contributed by atoms with Crippen molar-refractivity contribution in [3.05, 3.63) is 58.5 Å². The van der Waals surface area contributed by atoms with Crippen LogP contribution in [0.4, 0.5) is 18.9 Å². The molecule has 2 amide bonds. The van der Waals surface area contributed by atoms with E-state index in [9.17, 15) is 22.8 Å². The van der Waals surface area contributed by atoms with Gasteiger partial charge in [0.15, 0.2) is 18.1 Å². The van der Waals surface area contributed by atoms with E-state index in [1.165, 1.54) is 37.1 Å². The topological polar surface area (TPSA) is 77.1 Å². The van der Waals surface area contributed by atoms with E-state index >= 15 is 0 Å². The van der Waals surface area contributed by atoms with Gasteiger partial charge in [0, 0.05) is 6.61 Å². The van der Waals surface area contributed by atoms with Gasteiger partial charge in [-0.15, -0.1) is 0 Å². The predicted molar refractivity (Wildman–Crippen MR) is 137 cm³/mol. The Hall–Kier alpha value is -3.09. The second kappa shape index (κ2) is 11.5. The molecule has 37 heavy (non-hydrogen) atoms. The third kappa shape index (κ3) is 6.62. The normalized spacial score (nSPS) is 19.0. The van der Waals surface area contributed by atoms with Crippen LogP contribution in [-0.2, 0) is 20.5 Å². The Morgan fingerprint density at radius 1 is 1.27 bits per heavy atom. The van der Waals surface area contributed by atoms with Crippen molar-refractivity contribution < 1.29 is 37.0 Å². The van der Waals surface area contributed by atoms with E-state index in [4.69, 9.17) is 26.4 Å². The standard InChI is InChI=1S/C25H23F3N2O5S2/c1-33-20-11-15(12-21-23(32)30(24(36)37-21)13-16-5-4-10-34-16)8-9-19(20)35-14-22(31)29-18-7-3-2-6-17(18)25(26,27)28/h2-3,6-9,11-12,16H,4-5,10,13-14H2,1H3,(H,29,31)/b21-12-/t16-/m1/s1. The van der Waals surface area contributed by atoms with E-state index in [1.807, 2.05) is 0 Å². The Morgan fingerprint density at radius 3 is 2.76 bits per heavy atom. The fraction of sp³-hybridized carbons (Fsp3) is 0.320. The SMILES string of the molecule is COc1cc(/C=C2\SC(=S)N(C[C@H]3CCCO3)C2=O)ccc1OCC(=O)Nc1ccccc1C(F)(F)F. The lowest BCUT2D eigenvalue weighted by Crippen LogP contribution is -2.35. The minimum absolute atomic E-state index is 0.0162. The first-order valence-electron chi connectivity index (χ1n) is 11.3. The van der Waals surface area contributed by atoms with Crippen LogP contribution in [0.1, 0.15) is 24.0 Å². The van der Waals surface area contributed by atoms with Gasteiger partial charge in [0.2, 0.25) is 0 Å². The van der Waals surface area contributed by atoms with Crippen LogP contribution < -0.4 is 14.8 Å². The summed E-state index contributed by atoms with van der Waals surface area (Å²) in [5.41, 5.74) is -0.667. The van der Waals surface area contributed by atoms with E-state index in [-0.39, 0.29) is 29.2 Å². The summed E-state index contributed by atoms with van der Waals surface area (Å²) in [6, 6.07) is 9.52. The molecule has 2 saturated heterocycles. The highest BCUT2D eigenvalue weighted by Crippen LogP contribution is 2.36. The third-order valence-electron chi connectivity index (χ3n) is 5.63. The molecule has 4 rings (SSSR count). The molecule has 196 valence electrons. The number of methoxy groups -OCH3 is 1. The number of hydrogen-bond donors (Lipinski definition) is 1. The van der Waals surface area contributed by atoms with E-state index in [2.05, 4.69) is 5.32 Å². The van der Waals surface area contributed by atoms with Crippen LogP contribution in [0.2, 0.25) is 0 Å². The zero-order valence-electron chi connectivity index (χ0n) is 19.7. The maximum Gasteiger partial charge on any atom is 0.418 e. The van der Waals surface area contributed by atoms with Crippen molar-refractivity contribution in [2.24, 2.45) is 0 Å². The fourth-order valence-corrected chi connectivity index (χ4v) is 5.14. The molecule has 0 unspecified atom stereocenters. The van der Waals surface area contributed by atoms with Gasteiger partial charge in [0.1, 0.15) is 4.32 Å². The molecule has 2 aliphatic rings. The molecular weight excluding hydrogens is 529 g/mol. The Bertz CT molecular complexity index is 1230. The third-order valence-corrected chi connectivity index (χ3v) is 7.01. The molecule has 1 atom stereocenters. The van der Waals surface area contributed by atoms with E-state index in [1.54, 1.807) is 29.2 Å². The van der Waals surface area contributed by atoms with Gasteiger partial charge in [0.05, 0.1) is 35.9 Å². The maximum absolute atomic E-state index is 13.1. The Morgan fingerprint density at radius 2 is 2.05 bits per heavy atom. The first-order chi connectivity index (χ1) is 17.7. The van der Waals surface area contributed by atoms with Crippen LogP contribution in [-0.4, -0.2) is 54.0 Å². The minimum atomic E-state index is -4.61. The summed E-state index contributed by atoms with van der Waals surface area (Å²) in [5.74, 6) is -0.463. The average molecular weight is 553 g/mol. The number of ether oxygens (including phenoxy) is 3. The highest BCUT2D eigenvalue weighted by Gasteiger charge is 2.35. The first kappa shape index (κ1) is 27.0. The molecule has 2 aromatic carbocycles. The number of para-hydroxylation sites is 1. The predicted octanol–water partition coefficient (Wildman–Crippen LogP) is 5.11. The highest BCUT2D eigenvalue weighted by molar-refractivity contribution is 8.26. The lowest BCUT2D eigenvalue weighted by molar-refractivity contribution is -0.137. The van der Waals surface area contributed by atoms with Crippen molar-refractivity contribution in [2.75, 3.05) is 32.2 Å². The zero-order valence-corrected chi connectivity index (χ0v) is 21.3. The van der Waals surface area contributed by atoms with E-state index in [0.717, 1.165) is 18.9 Å². The van der Waals surface area contributed by atoms with Gasteiger partial charge in [-0.1, -0.05) is 42.2 Å². The monoisotopic (exact) mass is 552 g/mol. The van der Waals surface area contributed by atoms with Crippen LogP contribution in [0, 0.1) is 0 Å². The number of benzene rings is 2. The molecule has 0 spiro atoms. The Labute approximate surface area is 220 Å². The summed E-state index contributed by atoms with van der Waals surface area (Å²) >= 11 is 6.58. The van der Waals surface area contributed by atoms with Gasteiger partial charge in [-0.2, -0.15) is 13.2 Å². The van der Waals surface area contributed by atoms with Gasteiger partial charge >= 0.3 is 6.18 Å². The average Bonchev–Trinajstić information content (AvgIpc) is 3.47. The lowest BCUT2D eigenvalue weighted by atomic mass is 10.1. The molecule has 2 aliphatic heterocycles. The second-order valence-corrected chi connectivity index (χ2v) is 9.89. The molecule has 2 fully saturated rings. The molecule has 12 heteroatoms. The van der Waals surface area contributed by atoms with Crippen LogP contribution >= 0.6 is 24.0 Å². The molecule has 1 N–H and O–H groups in total. The number of nitrogens with zero attached hydrogens (tertiary/aromatic N) is 1. The number of thiocarbonyl (C=S) groups is 1. The van der Waals surface area contributed by atoms with Gasteiger partial charge in [-0.05, 0) is 48.7 Å². The number of halogens is 3. The quantitative estimate of drug-likeness (QED) is 0.360. The smallest absolute Gasteiger partial charge is 0.418 e. The molecular formula is C25H23F3N2O5S2. The van der Waals surface area contributed by atoms with Gasteiger partial charge in [-0.3, -0.25) is 14.5 Å². The summed E-state index contributed by atoms with van der Waals surface area (Å²) in [6.07, 6.45) is -1.09. The van der Waals surface area contributed by atoms with Crippen LogP contribution in [0.15, 0.2) is 47.4 Å². The van der Waals surface area contributed by atoms with Crippen LogP contribution in [0.25, 0.3) is 6.08 Å². The molecule has 7 nitrogen and oxygen atoms in total. The summed E-state index contributed by atoms with van der Waals surface area (Å²) in [7, 11) is 1.41. The van der Waals surface area contributed by atoms with Gasteiger partial charge in [-0.25, -0.2) is 0 Å². The fourth-order valence-electron chi connectivity index (χ4n) is 3.86. The number of carbonyl (C=O) groups is 2. The Kier molecular flexibility index (Phi) is 8.40. The number of amides is 2. The first-order valence-corrected chi connectivity index (χ1v) is 12.5.